The summed E-state index contributed by atoms with van der Waals surface area (Å²) in [6.45, 7) is 2.12. The maximum atomic E-state index is 10.4. The molecular weight excluding hydrogens is 200 g/mol. The first-order valence-electron chi connectivity index (χ1n) is 4.89. The van der Waals surface area contributed by atoms with Gasteiger partial charge < -0.3 is 21.3 Å². The van der Waals surface area contributed by atoms with Gasteiger partial charge in [0.05, 0.1) is 0 Å². The van der Waals surface area contributed by atoms with Crippen molar-refractivity contribution in [2.24, 2.45) is 5.73 Å². The number of carboxylic acids is 2. The average molecular weight is 218 g/mol. The van der Waals surface area contributed by atoms with Crippen molar-refractivity contribution in [3.63, 3.8) is 0 Å². The van der Waals surface area contributed by atoms with Gasteiger partial charge in [-0.25, -0.2) is 0 Å². The van der Waals surface area contributed by atoms with Crippen molar-refractivity contribution in [2.45, 2.75) is 38.3 Å². The number of nitrogens with one attached hydrogen (secondary N) is 1. The fourth-order valence-electron chi connectivity index (χ4n) is 1.02. The Bertz CT molecular complexity index is 198. The van der Waals surface area contributed by atoms with Crippen molar-refractivity contribution < 1.29 is 19.8 Å². The van der Waals surface area contributed by atoms with E-state index in [1.54, 1.807) is 6.92 Å². The van der Waals surface area contributed by atoms with E-state index in [1.807, 2.05) is 0 Å². The second-order valence-corrected chi connectivity index (χ2v) is 3.45. The third-order valence-corrected chi connectivity index (χ3v) is 2.08. The van der Waals surface area contributed by atoms with E-state index >= 15 is 0 Å². The lowest BCUT2D eigenvalue weighted by Crippen LogP contribution is -2.34. The van der Waals surface area contributed by atoms with Crippen LogP contribution in [0, 0.1) is 0 Å². The molecule has 0 spiro atoms. The Balaban J connectivity index is 3.40. The maximum absolute atomic E-state index is 10.4. The summed E-state index contributed by atoms with van der Waals surface area (Å²) in [7, 11) is 0. The molecule has 0 aliphatic rings. The molecule has 0 saturated carbocycles. The standard InChI is InChI=1S/C9H18N2O4/c1-6(8(12)13)11-5-3-2-4-7(10)9(14)15/h6-7,11H,2-5,10H2,1H3,(H,12,13)(H,14,15). The highest BCUT2D eigenvalue weighted by atomic mass is 16.4. The molecule has 0 fully saturated rings. The van der Waals surface area contributed by atoms with Gasteiger partial charge in [-0.2, -0.15) is 0 Å². The molecule has 0 heterocycles. The lowest BCUT2D eigenvalue weighted by Gasteiger charge is -2.09. The van der Waals surface area contributed by atoms with Crippen molar-refractivity contribution in [3.05, 3.63) is 0 Å². The van der Waals surface area contributed by atoms with Crippen LogP contribution >= 0.6 is 0 Å². The minimum Gasteiger partial charge on any atom is -0.480 e. The Kier molecular flexibility index (Phi) is 6.64. The molecule has 0 bridgehead atoms. The highest BCUT2D eigenvalue weighted by Crippen LogP contribution is 1.98. The summed E-state index contributed by atoms with van der Waals surface area (Å²) in [6.07, 6.45) is 1.81. The molecule has 6 nitrogen and oxygen atoms in total. The van der Waals surface area contributed by atoms with Gasteiger partial charge in [0.1, 0.15) is 12.1 Å². The summed E-state index contributed by atoms with van der Waals surface area (Å²) < 4.78 is 0. The van der Waals surface area contributed by atoms with E-state index in [0.29, 0.717) is 19.4 Å². The number of hydrogen-bond acceptors (Lipinski definition) is 4. The van der Waals surface area contributed by atoms with E-state index in [2.05, 4.69) is 5.32 Å². The second kappa shape index (κ2) is 7.19. The average Bonchev–Trinajstić information content (AvgIpc) is 2.16. The Morgan fingerprint density at radius 3 is 2.33 bits per heavy atom. The molecule has 0 rings (SSSR count). The van der Waals surface area contributed by atoms with Gasteiger partial charge in [0.15, 0.2) is 0 Å². The van der Waals surface area contributed by atoms with Crippen molar-refractivity contribution >= 4 is 11.9 Å². The highest BCUT2D eigenvalue weighted by molar-refractivity contribution is 5.73. The van der Waals surface area contributed by atoms with E-state index in [1.165, 1.54) is 0 Å². The van der Waals surface area contributed by atoms with Crippen LogP contribution in [0.4, 0.5) is 0 Å². The first-order chi connectivity index (χ1) is 6.95. The summed E-state index contributed by atoms with van der Waals surface area (Å²) >= 11 is 0. The third kappa shape index (κ3) is 6.87. The van der Waals surface area contributed by atoms with Gasteiger partial charge in [-0.15, -0.1) is 0 Å². The van der Waals surface area contributed by atoms with E-state index < -0.39 is 24.0 Å². The van der Waals surface area contributed by atoms with E-state index in [-0.39, 0.29) is 0 Å². The largest absolute Gasteiger partial charge is 0.480 e. The number of rotatable bonds is 8. The van der Waals surface area contributed by atoms with Crippen LogP contribution in [0.1, 0.15) is 26.2 Å². The Morgan fingerprint density at radius 1 is 1.27 bits per heavy atom. The molecule has 6 heteroatoms. The molecule has 15 heavy (non-hydrogen) atoms. The lowest BCUT2D eigenvalue weighted by atomic mass is 10.1. The fraction of sp³-hybridized carbons (Fsp3) is 0.778. The normalized spacial score (nSPS) is 14.5. The molecule has 88 valence electrons. The third-order valence-electron chi connectivity index (χ3n) is 2.08. The SMILES string of the molecule is CC(NCCCCC(N)C(=O)O)C(=O)O. The Hall–Kier alpha value is -1.14. The van der Waals surface area contributed by atoms with E-state index in [4.69, 9.17) is 15.9 Å². The second-order valence-electron chi connectivity index (χ2n) is 3.45. The van der Waals surface area contributed by atoms with Crippen LogP contribution in [0.3, 0.4) is 0 Å². The Labute approximate surface area is 88.5 Å². The minimum absolute atomic E-state index is 0.415. The zero-order valence-corrected chi connectivity index (χ0v) is 8.77. The van der Waals surface area contributed by atoms with E-state index in [9.17, 15) is 9.59 Å². The van der Waals surface area contributed by atoms with Gasteiger partial charge in [-0.05, 0) is 26.3 Å². The van der Waals surface area contributed by atoms with Crippen LogP contribution in [0.15, 0.2) is 0 Å². The van der Waals surface area contributed by atoms with Gasteiger partial charge in [-0.3, -0.25) is 9.59 Å². The molecule has 5 N–H and O–H groups in total. The molecule has 0 radical (unpaired) electrons. The Morgan fingerprint density at radius 2 is 1.87 bits per heavy atom. The predicted molar refractivity (Wildman–Crippen MR) is 54.6 cm³/mol. The summed E-state index contributed by atoms with van der Waals surface area (Å²) in [4.78, 5) is 20.7. The van der Waals surface area contributed by atoms with Crippen molar-refractivity contribution in [1.29, 1.82) is 0 Å². The minimum atomic E-state index is -0.998. The van der Waals surface area contributed by atoms with Crippen LogP contribution in [-0.4, -0.2) is 40.8 Å². The summed E-state index contributed by atoms with van der Waals surface area (Å²) in [5.74, 6) is -1.89. The molecule has 0 aromatic rings. The first-order valence-corrected chi connectivity index (χ1v) is 4.89. The quantitative estimate of drug-likeness (QED) is 0.413. The van der Waals surface area contributed by atoms with Gasteiger partial charge in [0.2, 0.25) is 0 Å². The maximum Gasteiger partial charge on any atom is 0.320 e. The van der Waals surface area contributed by atoms with Crippen LogP contribution in [0.25, 0.3) is 0 Å². The molecule has 2 unspecified atom stereocenters. The predicted octanol–water partition coefficient (Wildman–Crippen LogP) is -0.369. The summed E-state index contributed by atoms with van der Waals surface area (Å²) in [5.41, 5.74) is 5.29. The van der Waals surface area contributed by atoms with Crippen LogP contribution in [0.2, 0.25) is 0 Å². The fourth-order valence-corrected chi connectivity index (χ4v) is 1.02. The van der Waals surface area contributed by atoms with Gasteiger partial charge in [0.25, 0.3) is 0 Å². The van der Waals surface area contributed by atoms with Gasteiger partial charge >= 0.3 is 11.9 Å². The number of unbranched alkanes of at least 4 members (excludes halogenated alkanes) is 1. The van der Waals surface area contributed by atoms with E-state index in [0.717, 1.165) is 6.42 Å². The first kappa shape index (κ1) is 13.9. The van der Waals surface area contributed by atoms with Gasteiger partial charge in [-0.1, -0.05) is 6.42 Å². The number of aliphatic carboxylic acids is 2. The molecule has 0 aliphatic carbocycles. The molecule has 0 saturated heterocycles. The van der Waals surface area contributed by atoms with Gasteiger partial charge in [0, 0.05) is 0 Å². The smallest absolute Gasteiger partial charge is 0.320 e. The zero-order valence-electron chi connectivity index (χ0n) is 8.77. The van der Waals surface area contributed by atoms with Crippen LogP contribution < -0.4 is 11.1 Å². The topological polar surface area (TPSA) is 113 Å². The monoisotopic (exact) mass is 218 g/mol. The highest BCUT2D eigenvalue weighted by Gasteiger charge is 2.11. The number of carbonyl (C=O) groups is 2. The van der Waals surface area contributed by atoms with Crippen molar-refractivity contribution in [1.82, 2.24) is 5.32 Å². The van der Waals surface area contributed by atoms with Crippen molar-refractivity contribution in [2.75, 3.05) is 6.54 Å². The zero-order chi connectivity index (χ0) is 11.8. The van der Waals surface area contributed by atoms with Crippen LogP contribution in [-0.2, 0) is 9.59 Å². The molecule has 0 amide bonds. The molecular formula is C9H18N2O4. The van der Waals surface area contributed by atoms with Crippen LogP contribution in [0.5, 0.6) is 0 Å². The summed E-state index contributed by atoms with van der Waals surface area (Å²) in [5, 5.41) is 19.8. The number of nitrogens with two attached hydrogens (primary N) is 1. The lowest BCUT2D eigenvalue weighted by molar-refractivity contribution is -0.139. The molecule has 0 aromatic heterocycles. The number of hydrogen-bond donors (Lipinski definition) is 4. The summed E-state index contributed by atoms with van der Waals surface area (Å²) in [6, 6.07) is -1.39. The molecule has 2 atom stereocenters. The molecule has 0 aliphatic heterocycles. The molecule has 0 aromatic carbocycles. The van der Waals surface area contributed by atoms with Crippen molar-refractivity contribution in [3.8, 4) is 0 Å². The number of carboxylic acid groups (broad SMARTS) is 2.